The molecule has 2 amide bonds. The highest BCUT2D eigenvalue weighted by molar-refractivity contribution is 6.31. The molecule has 0 aliphatic heterocycles. The van der Waals surface area contributed by atoms with Crippen molar-refractivity contribution >= 4 is 29.4 Å². The van der Waals surface area contributed by atoms with E-state index in [9.17, 15) is 14.4 Å². The predicted octanol–water partition coefficient (Wildman–Crippen LogP) is 3.48. The molecule has 0 radical (unpaired) electrons. The van der Waals surface area contributed by atoms with Crippen LogP contribution >= 0.6 is 11.6 Å². The number of aryl methyl sites for hydroxylation is 2. The molecule has 0 saturated carbocycles. The van der Waals surface area contributed by atoms with Gasteiger partial charge in [0.15, 0.2) is 6.61 Å². The molecule has 1 atom stereocenters. The third-order valence-corrected chi connectivity index (χ3v) is 4.37. The van der Waals surface area contributed by atoms with E-state index in [0.717, 1.165) is 11.1 Å². The van der Waals surface area contributed by atoms with Crippen molar-refractivity contribution in [2.24, 2.45) is 5.73 Å². The van der Waals surface area contributed by atoms with Gasteiger partial charge in [0.1, 0.15) is 0 Å². The summed E-state index contributed by atoms with van der Waals surface area (Å²) >= 11 is 6.13. The molecule has 0 bridgehead atoms. The molecule has 3 N–H and O–H groups in total. The van der Waals surface area contributed by atoms with Gasteiger partial charge >= 0.3 is 12.0 Å². The molecule has 6 nitrogen and oxygen atoms in total. The molecule has 2 aromatic carbocycles. The third-order valence-electron chi connectivity index (χ3n) is 4.03. The van der Waals surface area contributed by atoms with Crippen LogP contribution in [0.5, 0.6) is 0 Å². The van der Waals surface area contributed by atoms with Crippen molar-refractivity contribution in [3.8, 4) is 0 Å². The summed E-state index contributed by atoms with van der Waals surface area (Å²) < 4.78 is 5.10. The molecular weight excluding hydrogens is 368 g/mol. The lowest BCUT2D eigenvalue weighted by Crippen LogP contribution is -2.35. The Kier molecular flexibility index (Phi) is 6.96. The van der Waals surface area contributed by atoms with Gasteiger partial charge in [-0.25, -0.2) is 4.79 Å². The maximum atomic E-state index is 12.3. The molecule has 0 heterocycles. The van der Waals surface area contributed by atoms with E-state index in [1.807, 2.05) is 26.0 Å². The number of ether oxygens (including phenoxy) is 1. The summed E-state index contributed by atoms with van der Waals surface area (Å²) in [5.41, 5.74) is 7.99. The Morgan fingerprint density at radius 3 is 2.52 bits per heavy atom. The van der Waals surface area contributed by atoms with Crippen LogP contribution in [0.2, 0.25) is 5.02 Å². The highest BCUT2D eigenvalue weighted by Crippen LogP contribution is 2.25. The smallest absolute Gasteiger partial charge is 0.312 e. The zero-order chi connectivity index (χ0) is 20.0. The van der Waals surface area contributed by atoms with E-state index >= 15 is 0 Å². The molecule has 2 rings (SSSR count). The molecule has 27 heavy (non-hydrogen) atoms. The molecular formula is C20H21ClN2O4. The highest BCUT2D eigenvalue weighted by atomic mass is 35.5. The number of hydrogen-bond acceptors (Lipinski definition) is 4. The second-order valence-electron chi connectivity index (χ2n) is 6.19. The fourth-order valence-corrected chi connectivity index (χ4v) is 2.92. The lowest BCUT2D eigenvalue weighted by atomic mass is 10.0. The first-order chi connectivity index (χ1) is 12.8. The normalized spacial score (nSPS) is 11.5. The van der Waals surface area contributed by atoms with E-state index in [-0.39, 0.29) is 18.8 Å². The number of benzene rings is 2. The minimum atomic E-state index is -0.792. The van der Waals surface area contributed by atoms with E-state index in [1.165, 1.54) is 0 Å². The lowest BCUT2D eigenvalue weighted by Gasteiger charge is -2.18. The van der Waals surface area contributed by atoms with Gasteiger partial charge in [-0.3, -0.25) is 9.59 Å². The molecule has 0 aliphatic carbocycles. The largest absolute Gasteiger partial charge is 0.457 e. The van der Waals surface area contributed by atoms with Gasteiger partial charge in [-0.05, 0) is 37.1 Å². The molecule has 7 heteroatoms. The van der Waals surface area contributed by atoms with Crippen molar-refractivity contribution in [2.45, 2.75) is 26.3 Å². The summed E-state index contributed by atoms with van der Waals surface area (Å²) in [5, 5.41) is 2.86. The first kappa shape index (κ1) is 20.5. The first-order valence-corrected chi connectivity index (χ1v) is 8.72. The lowest BCUT2D eigenvalue weighted by molar-refractivity contribution is -0.143. The van der Waals surface area contributed by atoms with Crippen LogP contribution in [0.4, 0.5) is 4.79 Å². The predicted molar refractivity (Wildman–Crippen MR) is 103 cm³/mol. The van der Waals surface area contributed by atoms with Crippen molar-refractivity contribution in [3.63, 3.8) is 0 Å². The number of amides is 2. The number of ketones is 1. The Labute approximate surface area is 162 Å². The number of halogens is 1. The molecule has 0 aliphatic rings. The van der Waals surface area contributed by atoms with Gasteiger partial charge in [0.2, 0.25) is 5.78 Å². The third kappa shape index (κ3) is 5.82. The number of nitrogens with two attached hydrogens (primary N) is 1. The van der Waals surface area contributed by atoms with Gasteiger partial charge < -0.3 is 15.8 Å². The maximum absolute atomic E-state index is 12.3. The van der Waals surface area contributed by atoms with E-state index in [1.54, 1.807) is 30.3 Å². The number of nitrogens with one attached hydrogen (secondary N) is 1. The number of Topliss-reactive ketones (excluding diaryl/α,β-unsaturated/α-hetero) is 1. The fraction of sp³-hybridized carbons (Fsp3) is 0.250. The Balaban J connectivity index is 2.03. The van der Waals surface area contributed by atoms with Crippen LogP contribution in [0.1, 0.15) is 39.5 Å². The van der Waals surface area contributed by atoms with Gasteiger partial charge in [0.25, 0.3) is 0 Å². The summed E-state index contributed by atoms with van der Waals surface area (Å²) in [6.45, 7) is 3.32. The monoisotopic (exact) mass is 388 g/mol. The minimum Gasteiger partial charge on any atom is -0.457 e. The number of primary amides is 1. The summed E-state index contributed by atoms with van der Waals surface area (Å²) in [6, 6.07) is 10.7. The van der Waals surface area contributed by atoms with Crippen LogP contribution in [-0.4, -0.2) is 24.4 Å². The van der Waals surface area contributed by atoms with Crippen molar-refractivity contribution < 1.29 is 19.1 Å². The fourth-order valence-electron chi connectivity index (χ4n) is 2.65. The van der Waals surface area contributed by atoms with Crippen LogP contribution in [0.15, 0.2) is 42.5 Å². The average molecular weight is 389 g/mol. The second-order valence-corrected chi connectivity index (χ2v) is 6.60. The van der Waals surface area contributed by atoms with Crippen LogP contribution < -0.4 is 11.1 Å². The number of esters is 1. The van der Waals surface area contributed by atoms with Gasteiger partial charge in [-0.15, -0.1) is 0 Å². The zero-order valence-electron chi connectivity index (χ0n) is 15.1. The Morgan fingerprint density at radius 1 is 1.15 bits per heavy atom. The van der Waals surface area contributed by atoms with Crippen molar-refractivity contribution in [1.82, 2.24) is 5.32 Å². The topological polar surface area (TPSA) is 98.5 Å². The maximum Gasteiger partial charge on any atom is 0.312 e. The van der Waals surface area contributed by atoms with Crippen molar-refractivity contribution in [3.05, 3.63) is 69.7 Å². The summed E-state index contributed by atoms with van der Waals surface area (Å²) in [5.74, 6) is -0.936. The molecule has 0 spiro atoms. The van der Waals surface area contributed by atoms with Gasteiger partial charge in [0, 0.05) is 10.6 Å². The molecule has 0 fully saturated rings. The Hall–Kier alpha value is -2.86. The Morgan fingerprint density at radius 2 is 1.85 bits per heavy atom. The van der Waals surface area contributed by atoms with Crippen LogP contribution in [0, 0.1) is 13.8 Å². The summed E-state index contributed by atoms with van der Waals surface area (Å²) in [7, 11) is 0. The summed E-state index contributed by atoms with van der Waals surface area (Å²) in [6.07, 6.45) is -0.202. The van der Waals surface area contributed by atoms with Crippen LogP contribution in [-0.2, 0) is 9.53 Å². The van der Waals surface area contributed by atoms with E-state index in [0.29, 0.717) is 16.1 Å². The molecule has 142 valence electrons. The standard InChI is InChI=1S/C20H21ClN2O4/c1-12-7-8-13(2)15(9-12)18(24)11-27-19(25)10-17(23-20(22)26)14-5-3-4-6-16(14)21/h3-9,17H,10-11H2,1-2H3,(H3,22,23,26)/t17-/m1/s1. The molecule has 0 aromatic heterocycles. The SMILES string of the molecule is Cc1ccc(C)c(C(=O)COC(=O)C[C@@H](NC(N)=O)c2ccccc2Cl)c1. The van der Waals surface area contributed by atoms with E-state index in [2.05, 4.69) is 5.32 Å². The average Bonchev–Trinajstić information content (AvgIpc) is 2.61. The first-order valence-electron chi connectivity index (χ1n) is 8.34. The van der Waals surface area contributed by atoms with Crippen molar-refractivity contribution in [2.75, 3.05) is 6.61 Å². The van der Waals surface area contributed by atoms with E-state index < -0.39 is 18.0 Å². The van der Waals surface area contributed by atoms with Crippen molar-refractivity contribution in [1.29, 1.82) is 0 Å². The molecule has 0 unspecified atom stereocenters. The highest BCUT2D eigenvalue weighted by Gasteiger charge is 2.21. The van der Waals surface area contributed by atoms with E-state index in [4.69, 9.17) is 22.1 Å². The van der Waals surface area contributed by atoms with Crippen LogP contribution in [0.3, 0.4) is 0 Å². The zero-order valence-corrected chi connectivity index (χ0v) is 15.9. The minimum absolute atomic E-state index is 0.202. The Bertz CT molecular complexity index is 867. The summed E-state index contributed by atoms with van der Waals surface area (Å²) in [4.78, 5) is 35.8. The number of carbonyl (C=O) groups is 3. The van der Waals surface area contributed by atoms with Gasteiger partial charge in [-0.1, -0.05) is 47.5 Å². The number of rotatable bonds is 7. The molecule has 0 saturated heterocycles. The van der Waals surface area contributed by atoms with Crippen LogP contribution in [0.25, 0.3) is 0 Å². The number of hydrogen-bond donors (Lipinski definition) is 2. The number of carbonyl (C=O) groups excluding carboxylic acids is 3. The number of urea groups is 1. The quantitative estimate of drug-likeness (QED) is 0.560. The molecule has 2 aromatic rings. The van der Waals surface area contributed by atoms with Gasteiger partial charge in [-0.2, -0.15) is 0 Å². The van der Waals surface area contributed by atoms with Gasteiger partial charge in [0.05, 0.1) is 12.5 Å². The second kappa shape index (κ2) is 9.19.